The molecule has 0 saturated carbocycles. The summed E-state index contributed by atoms with van der Waals surface area (Å²) in [5.41, 5.74) is 6.40. The molecular formula is C25H22BrN5O2S. The van der Waals surface area contributed by atoms with E-state index in [0.717, 1.165) is 32.6 Å². The number of ether oxygens (including phenoxy) is 1. The third-order valence-electron chi connectivity index (χ3n) is 4.86. The number of carbonyl (C=O) groups excluding carboxylic acids is 1. The van der Waals surface area contributed by atoms with E-state index in [1.54, 1.807) is 13.3 Å². The molecule has 0 atom stereocenters. The van der Waals surface area contributed by atoms with Crippen LogP contribution in [0, 0.1) is 6.92 Å². The number of amides is 1. The highest BCUT2D eigenvalue weighted by Gasteiger charge is 2.17. The van der Waals surface area contributed by atoms with Crippen LogP contribution >= 0.6 is 27.7 Å². The molecule has 0 unspecified atom stereocenters. The van der Waals surface area contributed by atoms with Crippen molar-refractivity contribution in [3.05, 3.63) is 88.4 Å². The first kappa shape index (κ1) is 23.7. The molecular weight excluding hydrogens is 514 g/mol. The lowest BCUT2D eigenvalue weighted by Gasteiger charge is -2.11. The van der Waals surface area contributed by atoms with Gasteiger partial charge in [-0.1, -0.05) is 57.5 Å². The quantitative estimate of drug-likeness (QED) is 0.189. The molecule has 4 rings (SSSR count). The maximum atomic E-state index is 12.4. The number of nitrogens with zero attached hydrogens (tertiary/aromatic N) is 4. The molecule has 0 spiro atoms. The number of rotatable bonds is 8. The fraction of sp³-hybridized carbons (Fsp3) is 0.120. The number of methoxy groups -OCH3 is 1. The first-order valence-electron chi connectivity index (χ1n) is 10.4. The Bertz CT molecular complexity index is 1300. The zero-order chi connectivity index (χ0) is 23.9. The van der Waals surface area contributed by atoms with Gasteiger partial charge < -0.3 is 4.74 Å². The summed E-state index contributed by atoms with van der Waals surface area (Å²) in [6, 6.07) is 23.4. The number of halogens is 1. The third-order valence-corrected chi connectivity index (χ3v) is 6.28. The molecule has 1 aromatic heterocycles. The Morgan fingerprint density at radius 1 is 1.12 bits per heavy atom. The summed E-state index contributed by atoms with van der Waals surface area (Å²) >= 11 is 4.71. The number of nitrogens with one attached hydrogen (secondary N) is 1. The van der Waals surface area contributed by atoms with Crippen LogP contribution in [-0.4, -0.2) is 39.7 Å². The van der Waals surface area contributed by atoms with Crippen molar-refractivity contribution in [3.8, 4) is 22.8 Å². The third kappa shape index (κ3) is 5.92. The number of aromatic nitrogens is 3. The van der Waals surface area contributed by atoms with Crippen LogP contribution in [0.4, 0.5) is 0 Å². The van der Waals surface area contributed by atoms with Crippen LogP contribution < -0.4 is 10.2 Å². The zero-order valence-electron chi connectivity index (χ0n) is 18.6. The molecule has 0 radical (unpaired) electrons. The Balaban J connectivity index is 1.52. The fourth-order valence-electron chi connectivity index (χ4n) is 3.15. The van der Waals surface area contributed by atoms with Gasteiger partial charge in [0.25, 0.3) is 5.91 Å². The Labute approximate surface area is 210 Å². The number of carbonyl (C=O) groups is 1. The predicted octanol–water partition coefficient (Wildman–Crippen LogP) is 5.26. The monoisotopic (exact) mass is 535 g/mol. The number of thioether (sulfide) groups is 1. The van der Waals surface area contributed by atoms with Gasteiger partial charge in [0.1, 0.15) is 5.75 Å². The van der Waals surface area contributed by atoms with E-state index >= 15 is 0 Å². The van der Waals surface area contributed by atoms with Gasteiger partial charge in [-0.25, -0.2) is 5.43 Å². The molecule has 4 aromatic rings. The molecule has 7 nitrogen and oxygen atoms in total. The van der Waals surface area contributed by atoms with Crippen molar-refractivity contribution < 1.29 is 9.53 Å². The van der Waals surface area contributed by atoms with Crippen molar-refractivity contribution in [1.29, 1.82) is 0 Å². The number of hydrogen-bond donors (Lipinski definition) is 1. The highest BCUT2D eigenvalue weighted by atomic mass is 79.9. The number of hydrazone groups is 1. The molecule has 0 fully saturated rings. The second kappa shape index (κ2) is 11.1. The van der Waals surface area contributed by atoms with Gasteiger partial charge in [0.05, 0.1) is 19.1 Å². The molecule has 0 aliphatic rings. The first-order valence-corrected chi connectivity index (χ1v) is 12.2. The standard InChI is InChI=1S/C25H22BrN5O2S/c1-17-6-10-21(11-7-17)31-24(19-8-12-22(33-2)13-9-19)29-30-25(31)34-16-23(32)28-27-15-18-4-3-5-20(26)14-18/h3-15H,16H2,1-2H3,(H,28,32)/b27-15-. The normalized spacial score (nSPS) is 11.0. The zero-order valence-corrected chi connectivity index (χ0v) is 21.0. The van der Waals surface area contributed by atoms with Crippen LogP contribution in [0.3, 0.4) is 0 Å². The topological polar surface area (TPSA) is 81.4 Å². The van der Waals surface area contributed by atoms with E-state index < -0.39 is 0 Å². The van der Waals surface area contributed by atoms with Gasteiger partial charge in [0, 0.05) is 15.7 Å². The Kier molecular flexibility index (Phi) is 7.76. The summed E-state index contributed by atoms with van der Waals surface area (Å²) in [6.07, 6.45) is 1.60. The van der Waals surface area contributed by atoms with E-state index in [1.165, 1.54) is 11.8 Å². The van der Waals surface area contributed by atoms with Crippen LogP contribution in [0.5, 0.6) is 5.75 Å². The van der Waals surface area contributed by atoms with Gasteiger partial charge in [-0.15, -0.1) is 10.2 Å². The fourth-order valence-corrected chi connectivity index (χ4v) is 4.31. The average molecular weight is 536 g/mol. The molecule has 1 amide bonds. The Morgan fingerprint density at radius 3 is 2.59 bits per heavy atom. The van der Waals surface area contributed by atoms with Crippen molar-refractivity contribution in [2.75, 3.05) is 12.9 Å². The van der Waals surface area contributed by atoms with Crippen LogP contribution in [0.15, 0.2) is 87.5 Å². The van der Waals surface area contributed by atoms with Crippen molar-refractivity contribution in [2.45, 2.75) is 12.1 Å². The van der Waals surface area contributed by atoms with Gasteiger partial charge in [-0.05, 0) is 61.0 Å². The second-order valence-corrected chi connectivity index (χ2v) is 9.20. The van der Waals surface area contributed by atoms with Gasteiger partial charge in [-0.2, -0.15) is 5.10 Å². The Hall–Kier alpha value is -3.43. The number of aryl methyl sites for hydroxylation is 1. The maximum absolute atomic E-state index is 12.4. The minimum absolute atomic E-state index is 0.141. The lowest BCUT2D eigenvalue weighted by Crippen LogP contribution is -2.20. The lowest BCUT2D eigenvalue weighted by atomic mass is 10.2. The smallest absolute Gasteiger partial charge is 0.250 e. The minimum Gasteiger partial charge on any atom is -0.497 e. The highest BCUT2D eigenvalue weighted by Crippen LogP contribution is 2.29. The molecule has 0 bridgehead atoms. The first-order chi connectivity index (χ1) is 16.5. The molecule has 0 aliphatic carbocycles. The van der Waals surface area contributed by atoms with E-state index in [0.29, 0.717) is 11.0 Å². The molecule has 1 N–H and O–H groups in total. The average Bonchev–Trinajstić information content (AvgIpc) is 3.27. The Morgan fingerprint density at radius 2 is 1.88 bits per heavy atom. The van der Waals surface area contributed by atoms with Crippen molar-refractivity contribution in [1.82, 2.24) is 20.2 Å². The van der Waals surface area contributed by atoms with Crippen LogP contribution in [0.1, 0.15) is 11.1 Å². The van der Waals surface area contributed by atoms with Crippen LogP contribution in [0.2, 0.25) is 0 Å². The summed E-state index contributed by atoms with van der Waals surface area (Å²) in [6.45, 7) is 2.04. The molecule has 0 aliphatic heterocycles. The van der Waals surface area contributed by atoms with E-state index in [4.69, 9.17) is 4.74 Å². The summed E-state index contributed by atoms with van der Waals surface area (Å²) in [4.78, 5) is 12.4. The molecule has 0 saturated heterocycles. The summed E-state index contributed by atoms with van der Waals surface area (Å²) in [7, 11) is 1.63. The van der Waals surface area contributed by atoms with E-state index in [9.17, 15) is 4.79 Å². The molecule has 9 heteroatoms. The number of hydrogen-bond acceptors (Lipinski definition) is 6. The maximum Gasteiger partial charge on any atom is 0.250 e. The summed E-state index contributed by atoms with van der Waals surface area (Å²) in [5.74, 6) is 1.35. The lowest BCUT2D eigenvalue weighted by molar-refractivity contribution is -0.118. The van der Waals surface area contributed by atoms with Crippen molar-refractivity contribution >= 4 is 39.8 Å². The minimum atomic E-state index is -0.235. The van der Waals surface area contributed by atoms with E-state index in [-0.39, 0.29) is 11.7 Å². The summed E-state index contributed by atoms with van der Waals surface area (Å²) < 4.78 is 8.16. The van der Waals surface area contributed by atoms with Crippen molar-refractivity contribution in [3.63, 3.8) is 0 Å². The van der Waals surface area contributed by atoms with Gasteiger partial charge >= 0.3 is 0 Å². The van der Waals surface area contributed by atoms with Gasteiger partial charge in [-0.3, -0.25) is 9.36 Å². The molecule has 34 heavy (non-hydrogen) atoms. The summed E-state index contributed by atoms with van der Waals surface area (Å²) in [5, 5.41) is 13.4. The second-order valence-electron chi connectivity index (χ2n) is 7.34. The highest BCUT2D eigenvalue weighted by molar-refractivity contribution is 9.10. The molecule has 3 aromatic carbocycles. The SMILES string of the molecule is COc1ccc(-c2nnc(SCC(=O)N/N=C\c3cccc(Br)c3)n2-c2ccc(C)cc2)cc1. The van der Waals surface area contributed by atoms with Crippen LogP contribution in [0.25, 0.3) is 17.1 Å². The molecule has 172 valence electrons. The van der Waals surface area contributed by atoms with Gasteiger partial charge in [0.15, 0.2) is 11.0 Å². The largest absolute Gasteiger partial charge is 0.497 e. The van der Waals surface area contributed by atoms with Crippen molar-refractivity contribution in [2.24, 2.45) is 5.10 Å². The molecule has 1 heterocycles. The van der Waals surface area contributed by atoms with Crippen LogP contribution in [-0.2, 0) is 4.79 Å². The number of benzene rings is 3. The van der Waals surface area contributed by atoms with E-state index in [2.05, 4.69) is 36.7 Å². The predicted molar refractivity (Wildman–Crippen MR) is 139 cm³/mol. The van der Waals surface area contributed by atoms with Gasteiger partial charge in [0.2, 0.25) is 0 Å². The van der Waals surface area contributed by atoms with E-state index in [1.807, 2.05) is 84.3 Å².